The Morgan fingerprint density at radius 3 is 3.06 bits per heavy atom. The molecular formula is C11H14N4OS2. The molecule has 0 aromatic carbocycles. The molecule has 0 aliphatic carbocycles. The van der Waals surface area contributed by atoms with E-state index in [1.807, 2.05) is 17.5 Å². The highest BCUT2D eigenvalue weighted by Crippen LogP contribution is 2.15. The molecule has 1 amide bonds. The van der Waals surface area contributed by atoms with Crippen LogP contribution < -0.4 is 10.6 Å². The summed E-state index contributed by atoms with van der Waals surface area (Å²) in [5.41, 5.74) is 0. The second kappa shape index (κ2) is 6.46. The van der Waals surface area contributed by atoms with E-state index in [9.17, 15) is 4.79 Å². The number of rotatable bonds is 6. The van der Waals surface area contributed by atoms with Crippen molar-refractivity contribution < 1.29 is 4.79 Å². The fraction of sp³-hybridized carbons (Fsp3) is 0.364. The van der Waals surface area contributed by atoms with E-state index in [1.54, 1.807) is 11.3 Å². The summed E-state index contributed by atoms with van der Waals surface area (Å²) in [6, 6.07) is 3.95. The Labute approximate surface area is 113 Å². The van der Waals surface area contributed by atoms with Gasteiger partial charge in [-0.2, -0.15) is 0 Å². The Hall–Kier alpha value is -1.47. The van der Waals surface area contributed by atoms with E-state index in [0.29, 0.717) is 16.7 Å². The highest BCUT2D eigenvalue weighted by atomic mass is 32.1. The molecule has 2 heterocycles. The van der Waals surface area contributed by atoms with Crippen LogP contribution in [0.25, 0.3) is 0 Å². The maximum Gasteiger partial charge on any atom is 0.282 e. The van der Waals surface area contributed by atoms with E-state index in [4.69, 9.17) is 0 Å². The van der Waals surface area contributed by atoms with Crippen molar-refractivity contribution in [2.24, 2.45) is 0 Å². The van der Waals surface area contributed by atoms with Gasteiger partial charge in [-0.3, -0.25) is 4.79 Å². The number of carbonyl (C=O) groups is 1. The number of anilines is 1. The van der Waals surface area contributed by atoms with E-state index in [-0.39, 0.29) is 5.91 Å². The minimum absolute atomic E-state index is 0.176. The van der Waals surface area contributed by atoms with Crippen molar-refractivity contribution >= 4 is 33.7 Å². The third-order valence-electron chi connectivity index (χ3n) is 2.15. The molecule has 0 aliphatic heterocycles. The highest BCUT2D eigenvalue weighted by Gasteiger charge is 2.12. The van der Waals surface area contributed by atoms with Crippen LogP contribution in [0.15, 0.2) is 17.5 Å². The zero-order chi connectivity index (χ0) is 12.8. The van der Waals surface area contributed by atoms with Gasteiger partial charge >= 0.3 is 0 Å². The van der Waals surface area contributed by atoms with E-state index >= 15 is 0 Å². The van der Waals surface area contributed by atoms with E-state index in [2.05, 4.69) is 27.8 Å². The molecule has 5 nitrogen and oxygen atoms in total. The summed E-state index contributed by atoms with van der Waals surface area (Å²) in [6.45, 7) is 3.45. The number of nitrogens with zero attached hydrogens (tertiary/aromatic N) is 2. The van der Waals surface area contributed by atoms with Crippen LogP contribution in [0.1, 0.15) is 28.0 Å². The first-order chi connectivity index (χ1) is 8.79. The predicted octanol–water partition coefficient (Wildman–Crippen LogP) is 2.35. The SMILES string of the molecule is CCCNc1nnc(C(=O)NCc2cccs2)s1. The molecule has 0 saturated heterocycles. The van der Waals surface area contributed by atoms with Crippen molar-refractivity contribution in [3.63, 3.8) is 0 Å². The second-order valence-corrected chi connectivity index (χ2v) is 5.61. The first-order valence-electron chi connectivity index (χ1n) is 5.67. The monoisotopic (exact) mass is 282 g/mol. The zero-order valence-corrected chi connectivity index (χ0v) is 11.6. The molecule has 2 aromatic rings. The Kier molecular flexibility index (Phi) is 4.66. The molecule has 0 radical (unpaired) electrons. The fourth-order valence-corrected chi connectivity index (χ4v) is 2.60. The van der Waals surface area contributed by atoms with Crippen LogP contribution >= 0.6 is 22.7 Å². The lowest BCUT2D eigenvalue weighted by atomic mass is 10.4. The van der Waals surface area contributed by atoms with Gasteiger partial charge < -0.3 is 10.6 Å². The number of aromatic nitrogens is 2. The summed E-state index contributed by atoms with van der Waals surface area (Å²) in [5, 5.41) is 16.8. The molecule has 96 valence electrons. The number of hydrogen-bond donors (Lipinski definition) is 2. The topological polar surface area (TPSA) is 66.9 Å². The molecule has 0 bridgehead atoms. The van der Waals surface area contributed by atoms with Gasteiger partial charge in [-0.05, 0) is 17.9 Å². The summed E-state index contributed by atoms with van der Waals surface area (Å²) in [4.78, 5) is 12.9. The van der Waals surface area contributed by atoms with Crippen molar-refractivity contribution in [2.45, 2.75) is 19.9 Å². The lowest BCUT2D eigenvalue weighted by Gasteiger charge is -1.99. The first-order valence-corrected chi connectivity index (χ1v) is 7.37. The van der Waals surface area contributed by atoms with Crippen LogP contribution in [0.3, 0.4) is 0 Å². The Morgan fingerprint density at radius 1 is 1.44 bits per heavy atom. The normalized spacial score (nSPS) is 10.3. The molecule has 2 rings (SSSR count). The fourth-order valence-electron chi connectivity index (χ4n) is 1.27. The number of thiophene rings is 1. The molecular weight excluding hydrogens is 268 g/mol. The molecule has 0 spiro atoms. The van der Waals surface area contributed by atoms with Crippen LogP contribution in [0.5, 0.6) is 0 Å². The summed E-state index contributed by atoms with van der Waals surface area (Å²) in [7, 11) is 0. The van der Waals surface area contributed by atoms with E-state index < -0.39 is 0 Å². The average molecular weight is 282 g/mol. The van der Waals surface area contributed by atoms with Gasteiger partial charge in [0, 0.05) is 11.4 Å². The standard InChI is InChI=1S/C11H14N4OS2/c1-2-5-12-11-15-14-10(18-11)9(16)13-7-8-4-3-6-17-8/h3-4,6H,2,5,7H2,1H3,(H,12,15)(H,13,16). The lowest BCUT2D eigenvalue weighted by molar-refractivity contribution is 0.0950. The van der Waals surface area contributed by atoms with Crippen LogP contribution in [0.4, 0.5) is 5.13 Å². The van der Waals surface area contributed by atoms with Gasteiger partial charge in [0.2, 0.25) is 10.1 Å². The minimum Gasteiger partial charge on any atom is -0.360 e. The molecule has 2 aromatic heterocycles. The number of amides is 1. The number of hydrogen-bond acceptors (Lipinski definition) is 6. The maximum absolute atomic E-state index is 11.8. The van der Waals surface area contributed by atoms with Gasteiger partial charge in [0.1, 0.15) is 0 Å². The third-order valence-corrected chi connectivity index (χ3v) is 3.90. The average Bonchev–Trinajstić information content (AvgIpc) is 3.04. The van der Waals surface area contributed by atoms with Gasteiger partial charge in [0.15, 0.2) is 0 Å². The highest BCUT2D eigenvalue weighted by molar-refractivity contribution is 7.17. The van der Waals surface area contributed by atoms with Crippen LogP contribution in [0, 0.1) is 0 Å². The van der Waals surface area contributed by atoms with Crippen molar-refractivity contribution in [3.8, 4) is 0 Å². The smallest absolute Gasteiger partial charge is 0.282 e. The Bertz CT molecular complexity index is 495. The maximum atomic E-state index is 11.8. The first kappa shape index (κ1) is 13.0. The van der Waals surface area contributed by atoms with Crippen LogP contribution in [0.2, 0.25) is 0 Å². The van der Waals surface area contributed by atoms with Gasteiger partial charge in [0.25, 0.3) is 5.91 Å². The van der Waals surface area contributed by atoms with Crippen molar-refractivity contribution in [1.29, 1.82) is 0 Å². The van der Waals surface area contributed by atoms with Gasteiger partial charge in [-0.15, -0.1) is 21.5 Å². The lowest BCUT2D eigenvalue weighted by Crippen LogP contribution is -2.22. The molecule has 0 saturated carbocycles. The summed E-state index contributed by atoms with van der Waals surface area (Å²) >= 11 is 2.89. The molecule has 0 atom stereocenters. The van der Waals surface area contributed by atoms with Crippen molar-refractivity contribution in [3.05, 3.63) is 27.4 Å². The minimum atomic E-state index is -0.176. The largest absolute Gasteiger partial charge is 0.360 e. The van der Waals surface area contributed by atoms with Crippen LogP contribution in [-0.4, -0.2) is 22.6 Å². The van der Waals surface area contributed by atoms with E-state index in [0.717, 1.165) is 17.8 Å². The Morgan fingerprint density at radius 2 is 2.33 bits per heavy atom. The molecule has 18 heavy (non-hydrogen) atoms. The summed E-state index contributed by atoms with van der Waals surface area (Å²) in [6.07, 6.45) is 1.01. The molecule has 0 fully saturated rings. The van der Waals surface area contributed by atoms with Gasteiger partial charge in [0.05, 0.1) is 6.54 Å². The predicted molar refractivity (Wildman–Crippen MR) is 74.2 cm³/mol. The van der Waals surface area contributed by atoms with Crippen molar-refractivity contribution in [1.82, 2.24) is 15.5 Å². The number of nitrogens with one attached hydrogen (secondary N) is 2. The van der Waals surface area contributed by atoms with Crippen LogP contribution in [-0.2, 0) is 6.54 Å². The zero-order valence-electron chi connectivity index (χ0n) is 9.97. The Balaban J connectivity index is 1.86. The molecule has 2 N–H and O–H groups in total. The second-order valence-electron chi connectivity index (χ2n) is 3.60. The number of carbonyl (C=O) groups excluding carboxylic acids is 1. The van der Waals surface area contributed by atoms with Crippen molar-refractivity contribution in [2.75, 3.05) is 11.9 Å². The van der Waals surface area contributed by atoms with E-state index in [1.165, 1.54) is 11.3 Å². The van der Waals surface area contributed by atoms with Gasteiger partial charge in [-0.25, -0.2) is 0 Å². The molecule has 7 heteroatoms. The summed E-state index contributed by atoms with van der Waals surface area (Å²) < 4.78 is 0. The third kappa shape index (κ3) is 3.51. The quantitative estimate of drug-likeness (QED) is 0.853. The van der Waals surface area contributed by atoms with Gasteiger partial charge in [-0.1, -0.05) is 24.3 Å². The molecule has 0 unspecified atom stereocenters. The molecule has 0 aliphatic rings. The summed E-state index contributed by atoms with van der Waals surface area (Å²) in [5.74, 6) is -0.176.